The molecule has 2 aromatic heterocycles. The first kappa shape index (κ1) is 29.2. The molecule has 2 heterocycles. The Morgan fingerprint density at radius 1 is 0.925 bits per heavy atom. The van der Waals surface area contributed by atoms with Crippen molar-refractivity contribution in [2.75, 3.05) is 27.9 Å². The number of pyridine rings is 1. The number of nitrogens with zero attached hydrogens (tertiary/aromatic N) is 1. The summed E-state index contributed by atoms with van der Waals surface area (Å²) in [5.41, 5.74) is 2.86. The van der Waals surface area contributed by atoms with E-state index in [9.17, 15) is 9.59 Å². The van der Waals surface area contributed by atoms with Gasteiger partial charge in [-0.2, -0.15) is 0 Å². The van der Waals surface area contributed by atoms with Gasteiger partial charge in [0.05, 0.1) is 39.5 Å². The first-order chi connectivity index (χ1) is 19.1. The van der Waals surface area contributed by atoms with Crippen LogP contribution in [0.4, 0.5) is 0 Å². The number of thiophene rings is 1. The second-order valence-electron chi connectivity index (χ2n) is 10.5. The quantitative estimate of drug-likeness (QED) is 0.179. The smallest absolute Gasteiger partial charge is 0.187 e. The van der Waals surface area contributed by atoms with Gasteiger partial charge in [0.1, 0.15) is 17.1 Å². The third kappa shape index (κ3) is 6.35. The maximum atomic E-state index is 13.9. The van der Waals surface area contributed by atoms with E-state index >= 15 is 0 Å². The molecule has 0 N–H and O–H groups in total. The topological polar surface area (TPSA) is 84.0 Å². The first-order valence-electron chi connectivity index (χ1n) is 13.0. The zero-order valence-electron chi connectivity index (χ0n) is 24.0. The highest BCUT2D eigenvalue weighted by atomic mass is 32.1. The van der Waals surface area contributed by atoms with Crippen molar-refractivity contribution < 1.29 is 28.5 Å². The van der Waals surface area contributed by atoms with Gasteiger partial charge < -0.3 is 18.9 Å². The molecule has 0 saturated heterocycles. The number of benzene rings is 2. The van der Waals surface area contributed by atoms with Gasteiger partial charge in [-0.1, -0.05) is 18.2 Å². The van der Waals surface area contributed by atoms with Crippen molar-refractivity contribution in [2.45, 2.75) is 39.7 Å². The number of ether oxygens (including phenoxy) is 4. The Hall–Kier alpha value is -3.75. The molecule has 0 radical (unpaired) electrons. The van der Waals surface area contributed by atoms with Gasteiger partial charge >= 0.3 is 0 Å². The zero-order chi connectivity index (χ0) is 29.0. The molecule has 40 heavy (non-hydrogen) atoms. The van der Waals surface area contributed by atoms with E-state index in [0.29, 0.717) is 28.5 Å². The van der Waals surface area contributed by atoms with E-state index in [4.69, 9.17) is 23.9 Å². The van der Waals surface area contributed by atoms with Gasteiger partial charge in [-0.15, -0.1) is 11.3 Å². The molecule has 210 valence electrons. The van der Waals surface area contributed by atoms with Crippen molar-refractivity contribution in [2.24, 2.45) is 5.92 Å². The van der Waals surface area contributed by atoms with Crippen molar-refractivity contribution >= 4 is 33.0 Å². The van der Waals surface area contributed by atoms with Crippen LogP contribution in [-0.4, -0.2) is 50.1 Å². The first-order valence-corrected chi connectivity index (χ1v) is 13.9. The Kier molecular flexibility index (Phi) is 8.91. The Morgan fingerprint density at radius 2 is 1.62 bits per heavy atom. The average molecular weight is 562 g/mol. The van der Waals surface area contributed by atoms with Crippen LogP contribution in [0.1, 0.15) is 53.6 Å². The van der Waals surface area contributed by atoms with Crippen molar-refractivity contribution in [1.82, 2.24) is 4.98 Å². The number of Topliss-reactive ketones (excluding diaryl/α,β-unsaturated/α-hetero) is 2. The number of methoxy groups -OCH3 is 3. The predicted molar refractivity (Wildman–Crippen MR) is 158 cm³/mol. The average Bonchev–Trinajstić information content (AvgIpc) is 3.38. The Bertz CT molecular complexity index is 1530. The van der Waals surface area contributed by atoms with Gasteiger partial charge in [0.25, 0.3) is 0 Å². The molecule has 0 spiro atoms. The summed E-state index contributed by atoms with van der Waals surface area (Å²) < 4.78 is 23.4. The predicted octanol–water partition coefficient (Wildman–Crippen LogP) is 7.18. The van der Waals surface area contributed by atoms with Crippen LogP contribution in [-0.2, 0) is 4.74 Å². The number of rotatable bonds is 11. The van der Waals surface area contributed by atoms with Gasteiger partial charge in [0.15, 0.2) is 23.1 Å². The number of ketones is 2. The lowest BCUT2D eigenvalue weighted by Gasteiger charge is -2.24. The number of fused-ring (bicyclic) bond motifs is 1. The molecular weight excluding hydrogens is 526 g/mol. The molecule has 1 atom stereocenters. The molecule has 0 aliphatic heterocycles. The standard InChI is InChI=1S/C32H35NO6S/c1-19-9-8-10-22-23(18-40-31(19)22)29-27(37-6)14-12-24(33-29)30(35)21(17-39-32(2,3)4)15-25(34)20-11-13-26(36-5)28(16-20)38-7/h8-14,16,18,21H,15,17H2,1-7H3/t21-/m0/s1. The fraction of sp³-hybridized carbons (Fsp3) is 0.344. The number of hydrogen-bond acceptors (Lipinski definition) is 8. The van der Waals surface area contributed by atoms with E-state index in [1.165, 1.54) is 19.8 Å². The summed E-state index contributed by atoms with van der Waals surface area (Å²) >= 11 is 1.63. The summed E-state index contributed by atoms with van der Waals surface area (Å²) in [6.07, 6.45) is -0.0476. The number of aromatic nitrogens is 1. The number of hydrogen-bond donors (Lipinski definition) is 0. The van der Waals surface area contributed by atoms with Crippen molar-refractivity contribution in [3.63, 3.8) is 0 Å². The minimum Gasteiger partial charge on any atom is -0.494 e. The molecule has 0 aliphatic carbocycles. The van der Waals surface area contributed by atoms with Gasteiger partial charge in [-0.3, -0.25) is 9.59 Å². The van der Waals surface area contributed by atoms with E-state index in [1.54, 1.807) is 48.8 Å². The second-order valence-corrected chi connectivity index (χ2v) is 11.4. The monoisotopic (exact) mass is 561 g/mol. The molecule has 0 unspecified atom stereocenters. The molecule has 2 aromatic carbocycles. The highest BCUT2D eigenvalue weighted by molar-refractivity contribution is 7.18. The third-order valence-corrected chi connectivity index (χ3v) is 7.74. The van der Waals surface area contributed by atoms with Crippen molar-refractivity contribution in [1.29, 1.82) is 0 Å². The molecule has 0 amide bonds. The van der Waals surface area contributed by atoms with E-state index in [-0.39, 0.29) is 30.3 Å². The SMILES string of the molecule is COc1ccc(C(=O)C[C@@H](COC(C)(C)C)C(=O)c2ccc(OC)c(-c3csc4c(C)cccc34)n2)cc1OC. The summed E-state index contributed by atoms with van der Waals surface area (Å²) in [5, 5.41) is 3.09. The van der Waals surface area contributed by atoms with Crippen LogP contribution in [0.3, 0.4) is 0 Å². The normalized spacial score (nSPS) is 12.3. The lowest BCUT2D eigenvalue weighted by molar-refractivity contribution is -0.0190. The second kappa shape index (κ2) is 12.2. The third-order valence-electron chi connectivity index (χ3n) is 6.61. The van der Waals surface area contributed by atoms with Crippen LogP contribution in [0.5, 0.6) is 17.2 Å². The molecule has 0 saturated carbocycles. The molecular formula is C32H35NO6S. The minimum absolute atomic E-state index is 0.0476. The molecule has 0 aliphatic rings. The summed E-state index contributed by atoms with van der Waals surface area (Å²) in [5.74, 6) is 0.329. The lowest BCUT2D eigenvalue weighted by atomic mass is 9.92. The summed E-state index contributed by atoms with van der Waals surface area (Å²) in [6.45, 7) is 7.89. The van der Waals surface area contributed by atoms with Gasteiger partial charge in [0.2, 0.25) is 0 Å². The summed E-state index contributed by atoms with van der Waals surface area (Å²) in [7, 11) is 4.64. The zero-order valence-corrected chi connectivity index (χ0v) is 24.8. The van der Waals surface area contributed by atoms with Crippen molar-refractivity contribution in [3.8, 4) is 28.5 Å². The summed E-state index contributed by atoms with van der Waals surface area (Å²) in [4.78, 5) is 32.1. The minimum atomic E-state index is -0.741. The number of carbonyl (C=O) groups excluding carboxylic acids is 2. The van der Waals surface area contributed by atoms with Gasteiger partial charge in [-0.25, -0.2) is 4.98 Å². The Labute approximate surface area is 239 Å². The van der Waals surface area contributed by atoms with E-state index in [1.807, 2.05) is 38.3 Å². The van der Waals surface area contributed by atoms with Crippen LogP contribution in [0.25, 0.3) is 21.3 Å². The van der Waals surface area contributed by atoms with Crippen LogP contribution in [0.15, 0.2) is 53.9 Å². The highest BCUT2D eigenvalue weighted by Crippen LogP contribution is 2.39. The maximum Gasteiger partial charge on any atom is 0.187 e. The van der Waals surface area contributed by atoms with E-state index < -0.39 is 11.5 Å². The Morgan fingerprint density at radius 3 is 2.30 bits per heavy atom. The van der Waals surface area contributed by atoms with E-state index in [0.717, 1.165) is 15.6 Å². The Balaban J connectivity index is 1.70. The highest BCUT2D eigenvalue weighted by Gasteiger charge is 2.28. The molecule has 0 bridgehead atoms. The van der Waals surface area contributed by atoms with Crippen LogP contribution >= 0.6 is 11.3 Å². The molecule has 4 aromatic rings. The van der Waals surface area contributed by atoms with Crippen LogP contribution < -0.4 is 14.2 Å². The molecule has 0 fully saturated rings. The van der Waals surface area contributed by atoms with Crippen molar-refractivity contribution in [3.05, 3.63) is 70.7 Å². The number of aryl methyl sites for hydroxylation is 1. The molecule has 4 rings (SSSR count). The van der Waals surface area contributed by atoms with Gasteiger partial charge in [-0.05, 0) is 63.6 Å². The lowest BCUT2D eigenvalue weighted by Crippen LogP contribution is -2.30. The largest absolute Gasteiger partial charge is 0.494 e. The summed E-state index contributed by atoms with van der Waals surface area (Å²) in [6, 6.07) is 14.5. The fourth-order valence-electron chi connectivity index (χ4n) is 4.47. The fourth-order valence-corrected chi connectivity index (χ4v) is 5.50. The maximum absolute atomic E-state index is 13.9. The van der Waals surface area contributed by atoms with Crippen LogP contribution in [0, 0.1) is 12.8 Å². The van der Waals surface area contributed by atoms with E-state index in [2.05, 4.69) is 13.0 Å². The number of carbonyl (C=O) groups is 2. The molecule has 8 heteroatoms. The van der Waals surface area contributed by atoms with Crippen LogP contribution in [0.2, 0.25) is 0 Å². The van der Waals surface area contributed by atoms with Gasteiger partial charge in [0, 0.05) is 33.0 Å². The molecule has 7 nitrogen and oxygen atoms in total.